The van der Waals surface area contributed by atoms with Gasteiger partial charge in [0.2, 0.25) is 0 Å². The molecule has 1 aliphatic heterocycles. The van der Waals surface area contributed by atoms with Gasteiger partial charge in [0, 0.05) is 30.9 Å². The van der Waals surface area contributed by atoms with Gasteiger partial charge in [-0.15, -0.1) is 0 Å². The summed E-state index contributed by atoms with van der Waals surface area (Å²) in [6.45, 7) is 6.50. The van der Waals surface area contributed by atoms with E-state index in [9.17, 15) is 0 Å². The molecule has 2 heterocycles. The highest BCUT2D eigenvalue weighted by molar-refractivity contribution is 5.20. The highest BCUT2D eigenvalue weighted by Crippen LogP contribution is 2.22. The van der Waals surface area contributed by atoms with Gasteiger partial charge in [0.05, 0.1) is 5.69 Å². The Morgan fingerprint density at radius 3 is 3.08 bits per heavy atom. The van der Waals surface area contributed by atoms with Crippen LogP contribution in [0.1, 0.15) is 31.5 Å². The Kier molecular flexibility index (Phi) is 2.27. The van der Waals surface area contributed by atoms with Gasteiger partial charge in [-0.25, -0.2) is 9.97 Å². The van der Waals surface area contributed by atoms with Gasteiger partial charge in [0.1, 0.15) is 6.33 Å². The van der Waals surface area contributed by atoms with Crippen molar-refractivity contribution in [3.8, 4) is 0 Å². The molecule has 0 saturated carbocycles. The lowest BCUT2D eigenvalue weighted by atomic mass is 10.2. The van der Waals surface area contributed by atoms with Crippen molar-refractivity contribution in [2.75, 3.05) is 0 Å². The van der Waals surface area contributed by atoms with Crippen LogP contribution in [0.3, 0.4) is 0 Å². The van der Waals surface area contributed by atoms with Gasteiger partial charge >= 0.3 is 0 Å². The third-order valence-electron chi connectivity index (χ3n) is 2.82. The van der Waals surface area contributed by atoms with Gasteiger partial charge in [-0.1, -0.05) is 6.92 Å². The molecule has 0 fully saturated rings. The maximum absolute atomic E-state index is 4.27. The minimum absolute atomic E-state index is 0.647. The lowest BCUT2D eigenvalue weighted by Gasteiger charge is -2.21. The molecule has 0 N–H and O–H groups in total. The van der Waals surface area contributed by atoms with E-state index in [4.69, 9.17) is 0 Å². The van der Waals surface area contributed by atoms with Crippen molar-refractivity contribution in [3.63, 3.8) is 0 Å². The standard InChI is InChI=1S/C10H15N3/c1-3-8(2)13-5-9-4-11-7-12-10(9)6-13/h4,7-8H,3,5-6H2,1-2H3. The van der Waals surface area contributed by atoms with Crippen molar-refractivity contribution >= 4 is 0 Å². The predicted molar refractivity (Wildman–Crippen MR) is 51.0 cm³/mol. The van der Waals surface area contributed by atoms with Gasteiger partial charge in [-0.3, -0.25) is 4.90 Å². The fraction of sp³-hybridized carbons (Fsp3) is 0.600. The van der Waals surface area contributed by atoms with Crippen LogP contribution in [0.2, 0.25) is 0 Å². The van der Waals surface area contributed by atoms with E-state index < -0.39 is 0 Å². The quantitative estimate of drug-likeness (QED) is 0.687. The smallest absolute Gasteiger partial charge is 0.115 e. The van der Waals surface area contributed by atoms with E-state index in [1.54, 1.807) is 6.33 Å². The maximum Gasteiger partial charge on any atom is 0.115 e. The molecular formula is C10H15N3. The number of nitrogens with zero attached hydrogens (tertiary/aromatic N) is 3. The molecule has 0 radical (unpaired) electrons. The summed E-state index contributed by atoms with van der Waals surface area (Å²) in [5.41, 5.74) is 2.50. The van der Waals surface area contributed by atoms with Crippen LogP contribution in [0.25, 0.3) is 0 Å². The van der Waals surface area contributed by atoms with E-state index in [-0.39, 0.29) is 0 Å². The molecule has 1 aromatic rings. The van der Waals surface area contributed by atoms with Crippen LogP contribution in [0.15, 0.2) is 12.5 Å². The monoisotopic (exact) mass is 177 g/mol. The summed E-state index contributed by atoms with van der Waals surface area (Å²) in [5.74, 6) is 0. The third-order valence-corrected chi connectivity index (χ3v) is 2.82. The first kappa shape index (κ1) is 8.63. The van der Waals surface area contributed by atoms with E-state index in [1.807, 2.05) is 6.20 Å². The number of fused-ring (bicyclic) bond motifs is 1. The van der Waals surface area contributed by atoms with E-state index in [2.05, 4.69) is 28.7 Å². The normalized spacial score (nSPS) is 18.6. The molecule has 3 heteroatoms. The molecule has 70 valence electrons. The molecule has 3 nitrogen and oxygen atoms in total. The Bertz CT molecular complexity index is 273. The fourth-order valence-electron chi connectivity index (χ4n) is 1.70. The van der Waals surface area contributed by atoms with Crippen LogP contribution in [0, 0.1) is 0 Å². The van der Waals surface area contributed by atoms with Crippen molar-refractivity contribution in [2.24, 2.45) is 0 Å². The van der Waals surface area contributed by atoms with Crippen LogP contribution in [0.5, 0.6) is 0 Å². The maximum atomic E-state index is 4.27. The van der Waals surface area contributed by atoms with Crippen LogP contribution in [0.4, 0.5) is 0 Å². The van der Waals surface area contributed by atoms with Gasteiger partial charge in [0.25, 0.3) is 0 Å². The van der Waals surface area contributed by atoms with Crippen molar-refractivity contribution in [2.45, 2.75) is 39.4 Å². The van der Waals surface area contributed by atoms with Crippen molar-refractivity contribution in [1.29, 1.82) is 0 Å². The molecule has 0 saturated heterocycles. The number of aromatic nitrogens is 2. The molecule has 0 bridgehead atoms. The van der Waals surface area contributed by atoms with Crippen LogP contribution >= 0.6 is 0 Å². The molecule has 0 aliphatic carbocycles. The minimum atomic E-state index is 0.647. The predicted octanol–water partition coefficient (Wildman–Crippen LogP) is 1.59. The Labute approximate surface area is 78.8 Å². The van der Waals surface area contributed by atoms with Gasteiger partial charge in [-0.2, -0.15) is 0 Å². The zero-order valence-electron chi connectivity index (χ0n) is 8.20. The Morgan fingerprint density at radius 2 is 2.38 bits per heavy atom. The average Bonchev–Trinajstić information content (AvgIpc) is 2.59. The van der Waals surface area contributed by atoms with E-state index in [0.717, 1.165) is 13.1 Å². The summed E-state index contributed by atoms with van der Waals surface area (Å²) in [6, 6.07) is 0.647. The molecule has 1 aromatic heterocycles. The molecule has 0 aromatic carbocycles. The van der Waals surface area contributed by atoms with Crippen molar-refractivity contribution in [1.82, 2.24) is 14.9 Å². The number of rotatable bonds is 2. The second-order valence-electron chi connectivity index (χ2n) is 3.66. The fourth-order valence-corrected chi connectivity index (χ4v) is 1.70. The summed E-state index contributed by atoms with van der Waals surface area (Å²) < 4.78 is 0. The molecule has 2 rings (SSSR count). The first-order chi connectivity index (χ1) is 6.31. The van der Waals surface area contributed by atoms with Gasteiger partial charge in [-0.05, 0) is 13.3 Å². The summed E-state index contributed by atoms with van der Waals surface area (Å²) in [5, 5.41) is 0. The topological polar surface area (TPSA) is 29.0 Å². The Hall–Kier alpha value is -0.960. The van der Waals surface area contributed by atoms with Crippen molar-refractivity contribution in [3.05, 3.63) is 23.8 Å². The molecular weight excluding hydrogens is 162 g/mol. The Balaban J connectivity index is 2.14. The van der Waals surface area contributed by atoms with Gasteiger partial charge < -0.3 is 0 Å². The first-order valence-electron chi connectivity index (χ1n) is 4.83. The second-order valence-corrected chi connectivity index (χ2v) is 3.66. The minimum Gasteiger partial charge on any atom is -0.290 e. The second kappa shape index (κ2) is 3.42. The summed E-state index contributed by atoms with van der Waals surface area (Å²) >= 11 is 0. The van der Waals surface area contributed by atoms with Crippen LogP contribution in [-0.4, -0.2) is 20.9 Å². The molecule has 13 heavy (non-hydrogen) atoms. The number of hydrogen-bond donors (Lipinski definition) is 0. The molecule has 1 unspecified atom stereocenters. The Morgan fingerprint density at radius 1 is 1.54 bits per heavy atom. The lowest BCUT2D eigenvalue weighted by molar-refractivity contribution is 0.207. The highest BCUT2D eigenvalue weighted by atomic mass is 15.2. The SMILES string of the molecule is CCC(C)N1Cc2cncnc2C1. The molecule has 1 atom stereocenters. The third kappa shape index (κ3) is 1.56. The zero-order valence-corrected chi connectivity index (χ0v) is 8.20. The summed E-state index contributed by atoms with van der Waals surface area (Å²) in [7, 11) is 0. The van der Waals surface area contributed by atoms with Crippen LogP contribution < -0.4 is 0 Å². The highest BCUT2D eigenvalue weighted by Gasteiger charge is 2.22. The summed E-state index contributed by atoms with van der Waals surface area (Å²) in [4.78, 5) is 10.8. The number of hydrogen-bond acceptors (Lipinski definition) is 3. The largest absolute Gasteiger partial charge is 0.290 e. The van der Waals surface area contributed by atoms with Crippen molar-refractivity contribution < 1.29 is 0 Å². The van der Waals surface area contributed by atoms with E-state index >= 15 is 0 Å². The molecule has 0 amide bonds. The molecule has 1 aliphatic rings. The first-order valence-corrected chi connectivity index (χ1v) is 4.83. The zero-order chi connectivity index (χ0) is 9.26. The summed E-state index contributed by atoms with van der Waals surface area (Å²) in [6.07, 6.45) is 4.77. The lowest BCUT2D eigenvalue weighted by Crippen LogP contribution is -2.26. The average molecular weight is 177 g/mol. The molecule has 0 spiro atoms. The van der Waals surface area contributed by atoms with Gasteiger partial charge in [0.15, 0.2) is 0 Å². The van der Waals surface area contributed by atoms with Crippen LogP contribution in [-0.2, 0) is 13.1 Å². The van der Waals surface area contributed by atoms with E-state index in [1.165, 1.54) is 17.7 Å². The van der Waals surface area contributed by atoms with E-state index in [0.29, 0.717) is 6.04 Å².